The van der Waals surface area contributed by atoms with Crippen molar-refractivity contribution >= 4 is 45.4 Å². The van der Waals surface area contributed by atoms with E-state index < -0.39 is 10.8 Å². The predicted octanol–water partition coefficient (Wildman–Crippen LogP) is 6.36. The smallest absolute Gasteiger partial charge is 0.289 e. The Kier molecular flexibility index (Phi) is 6.36. The molecule has 3 aromatic rings. The van der Waals surface area contributed by atoms with Crippen LogP contribution in [0.3, 0.4) is 0 Å². The van der Waals surface area contributed by atoms with E-state index in [-0.39, 0.29) is 16.4 Å². The molecular weight excluding hydrogens is 420 g/mol. The molecule has 0 saturated carbocycles. The van der Waals surface area contributed by atoms with Gasteiger partial charge in [0.1, 0.15) is 22.1 Å². The van der Waals surface area contributed by atoms with E-state index in [2.05, 4.69) is 5.32 Å². The van der Waals surface area contributed by atoms with E-state index in [9.17, 15) is 14.9 Å². The van der Waals surface area contributed by atoms with Crippen molar-refractivity contribution in [3.05, 3.63) is 67.9 Å². The molecule has 0 unspecified atom stereocenters. The number of hydrogen-bond donors (Lipinski definition) is 1. The van der Waals surface area contributed by atoms with Crippen LogP contribution in [0.1, 0.15) is 36.3 Å². The third-order valence-corrected chi connectivity index (χ3v) is 5.44. The van der Waals surface area contributed by atoms with Crippen molar-refractivity contribution < 1.29 is 18.9 Å². The summed E-state index contributed by atoms with van der Waals surface area (Å²) in [5.74, 6) is 1.07. The zero-order valence-electron chi connectivity index (χ0n) is 18.0. The lowest BCUT2D eigenvalue weighted by Crippen LogP contribution is -2.09. The molecule has 7 nitrogen and oxygen atoms in total. The molecule has 0 radical (unpaired) electrons. The van der Waals surface area contributed by atoms with E-state index in [1.807, 2.05) is 40.7 Å². The fourth-order valence-electron chi connectivity index (χ4n) is 3.42. The highest BCUT2D eigenvalue weighted by molar-refractivity contribution is 6.32. The lowest BCUT2D eigenvalue weighted by molar-refractivity contribution is -0.384. The van der Waals surface area contributed by atoms with Gasteiger partial charge in [-0.3, -0.25) is 14.9 Å². The summed E-state index contributed by atoms with van der Waals surface area (Å²) in [4.78, 5) is 23.1. The summed E-state index contributed by atoms with van der Waals surface area (Å²) in [5.41, 5.74) is 4.16. The first-order valence-electron chi connectivity index (χ1n) is 9.73. The first-order chi connectivity index (χ1) is 14.6. The zero-order valence-corrected chi connectivity index (χ0v) is 18.7. The highest BCUT2D eigenvalue weighted by Gasteiger charge is 2.19. The Labute approximate surface area is 184 Å². The summed E-state index contributed by atoms with van der Waals surface area (Å²) in [6.45, 7) is 10.0. The lowest BCUT2D eigenvalue weighted by Gasteiger charge is -2.14. The molecule has 8 heteroatoms. The van der Waals surface area contributed by atoms with E-state index in [1.54, 1.807) is 0 Å². The number of nitrogens with zero attached hydrogens (tertiary/aromatic N) is 1. The lowest BCUT2D eigenvalue weighted by atomic mass is 9.98. The molecule has 0 spiro atoms. The van der Waals surface area contributed by atoms with Crippen molar-refractivity contribution in [1.29, 1.82) is 0 Å². The highest BCUT2D eigenvalue weighted by atomic mass is 35.5. The van der Waals surface area contributed by atoms with Gasteiger partial charge in [-0.15, -0.1) is 0 Å². The van der Waals surface area contributed by atoms with Crippen LogP contribution in [-0.2, 0) is 4.79 Å². The Balaban J connectivity index is 1.99. The number of hydrogen-bond acceptors (Lipinski definition) is 5. The molecular formula is C23H23ClN2O5. The van der Waals surface area contributed by atoms with Crippen LogP contribution < -0.4 is 10.1 Å². The number of aryl methyl sites for hydroxylation is 3. The molecule has 1 heterocycles. The molecule has 162 valence electrons. The van der Waals surface area contributed by atoms with Gasteiger partial charge in [-0.25, -0.2) is 0 Å². The number of allylic oxidation sites excluding steroid dienone is 1. The van der Waals surface area contributed by atoms with Crippen molar-refractivity contribution in [1.82, 2.24) is 0 Å². The Hall–Kier alpha value is -3.32. The number of amides is 1. The molecule has 0 saturated heterocycles. The van der Waals surface area contributed by atoms with Gasteiger partial charge in [-0.05, 0) is 64.0 Å². The molecule has 0 fully saturated rings. The number of furan rings is 1. The van der Waals surface area contributed by atoms with Crippen molar-refractivity contribution in [2.45, 2.75) is 34.6 Å². The normalized spacial score (nSPS) is 11.6. The van der Waals surface area contributed by atoms with Crippen molar-refractivity contribution in [2.24, 2.45) is 0 Å². The minimum Gasteiger partial charge on any atom is -0.493 e. The van der Waals surface area contributed by atoms with Gasteiger partial charge in [0.2, 0.25) is 5.91 Å². The van der Waals surface area contributed by atoms with Crippen LogP contribution in [0, 0.1) is 30.9 Å². The van der Waals surface area contributed by atoms with Crippen LogP contribution in [-0.4, -0.2) is 17.4 Å². The fraction of sp³-hybridized carbons (Fsp3) is 0.261. The maximum Gasteiger partial charge on any atom is 0.289 e. The molecule has 1 N–H and O–H groups in total. The quantitative estimate of drug-likeness (QED) is 0.272. The molecule has 0 atom stereocenters. The van der Waals surface area contributed by atoms with Gasteiger partial charge in [0.25, 0.3) is 5.69 Å². The second-order valence-corrected chi connectivity index (χ2v) is 7.62. The zero-order chi connectivity index (χ0) is 22.9. The topological polar surface area (TPSA) is 94.6 Å². The number of rotatable bonds is 6. The summed E-state index contributed by atoms with van der Waals surface area (Å²) < 4.78 is 11.8. The van der Waals surface area contributed by atoms with Crippen LogP contribution in [0.15, 0.2) is 34.8 Å². The van der Waals surface area contributed by atoms with Crippen molar-refractivity contribution in [2.75, 3.05) is 11.9 Å². The molecule has 0 aliphatic heterocycles. The SMILES string of the molecule is CCOc1c(/C(C)=C/C(=O)Nc2ccc(Cl)c([N+](=O)[O-])c2)cc2c(C)c(C)oc2c1C. The largest absolute Gasteiger partial charge is 0.493 e. The minimum absolute atomic E-state index is 0.00521. The number of anilines is 1. The minimum atomic E-state index is -0.597. The molecule has 3 rings (SSSR count). The third kappa shape index (κ3) is 4.41. The summed E-state index contributed by atoms with van der Waals surface area (Å²) in [6.07, 6.45) is 1.44. The number of carbonyl (C=O) groups is 1. The Morgan fingerprint density at radius 3 is 2.61 bits per heavy atom. The highest BCUT2D eigenvalue weighted by Crippen LogP contribution is 2.39. The van der Waals surface area contributed by atoms with Gasteiger partial charge in [-0.1, -0.05) is 11.6 Å². The Morgan fingerprint density at radius 2 is 1.97 bits per heavy atom. The van der Waals surface area contributed by atoms with Crippen LogP contribution in [0.2, 0.25) is 5.02 Å². The van der Waals surface area contributed by atoms with Gasteiger partial charge < -0.3 is 14.5 Å². The Morgan fingerprint density at radius 1 is 1.26 bits per heavy atom. The standard InChI is InChI=1S/C23H23ClN2O5/c1-6-30-22-14(4)23-18(13(3)15(5)31-23)11-17(22)12(2)9-21(27)25-16-7-8-19(24)20(10-16)26(28)29/h7-11H,6H2,1-5H3,(H,25,27)/b12-9+. The summed E-state index contributed by atoms with van der Waals surface area (Å²) in [5, 5.41) is 14.7. The summed E-state index contributed by atoms with van der Waals surface area (Å²) >= 11 is 5.83. The van der Waals surface area contributed by atoms with Crippen LogP contribution in [0.25, 0.3) is 16.5 Å². The second kappa shape index (κ2) is 8.81. The van der Waals surface area contributed by atoms with E-state index >= 15 is 0 Å². The van der Waals surface area contributed by atoms with Crippen LogP contribution >= 0.6 is 11.6 Å². The molecule has 31 heavy (non-hydrogen) atoms. The summed E-state index contributed by atoms with van der Waals surface area (Å²) in [6, 6.07) is 6.07. The number of nitro benzene ring substituents is 1. The van der Waals surface area contributed by atoms with Crippen molar-refractivity contribution in [3.63, 3.8) is 0 Å². The number of fused-ring (bicyclic) bond motifs is 1. The maximum absolute atomic E-state index is 12.6. The fourth-order valence-corrected chi connectivity index (χ4v) is 3.60. The van der Waals surface area contributed by atoms with E-state index in [1.165, 1.54) is 24.3 Å². The first-order valence-corrected chi connectivity index (χ1v) is 10.1. The molecule has 0 aliphatic rings. The second-order valence-electron chi connectivity index (χ2n) is 7.21. The van der Waals surface area contributed by atoms with Gasteiger partial charge in [-0.2, -0.15) is 0 Å². The molecule has 1 aromatic heterocycles. The van der Waals surface area contributed by atoms with Gasteiger partial charge in [0.15, 0.2) is 0 Å². The third-order valence-electron chi connectivity index (χ3n) is 5.12. The van der Waals surface area contributed by atoms with Crippen LogP contribution in [0.4, 0.5) is 11.4 Å². The van der Waals surface area contributed by atoms with E-state index in [4.69, 9.17) is 20.8 Å². The van der Waals surface area contributed by atoms with Gasteiger partial charge in [0.05, 0.1) is 11.5 Å². The van der Waals surface area contributed by atoms with Gasteiger partial charge in [0, 0.05) is 34.3 Å². The average molecular weight is 443 g/mol. The molecule has 0 bridgehead atoms. The number of nitrogens with one attached hydrogen (secondary N) is 1. The number of ether oxygens (including phenoxy) is 1. The Bertz CT molecular complexity index is 1230. The number of carbonyl (C=O) groups excluding carboxylic acids is 1. The van der Waals surface area contributed by atoms with Crippen LogP contribution in [0.5, 0.6) is 5.75 Å². The average Bonchev–Trinajstić information content (AvgIpc) is 2.99. The number of benzene rings is 2. The van der Waals surface area contributed by atoms with Gasteiger partial charge >= 0.3 is 0 Å². The number of halogens is 1. The molecule has 2 aromatic carbocycles. The molecule has 1 amide bonds. The predicted molar refractivity (Wildman–Crippen MR) is 122 cm³/mol. The summed E-state index contributed by atoms with van der Waals surface area (Å²) in [7, 11) is 0. The maximum atomic E-state index is 12.6. The van der Waals surface area contributed by atoms with E-state index in [0.29, 0.717) is 17.9 Å². The number of nitro groups is 1. The van der Waals surface area contributed by atoms with E-state index in [0.717, 1.165) is 33.4 Å². The van der Waals surface area contributed by atoms with Crippen molar-refractivity contribution in [3.8, 4) is 5.75 Å². The molecule has 0 aliphatic carbocycles. The monoisotopic (exact) mass is 442 g/mol. The first kappa shape index (κ1) is 22.4.